The number of nitriles is 1. The molecule has 2 unspecified atom stereocenters. The van der Waals surface area contributed by atoms with Crippen molar-refractivity contribution in [2.45, 2.75) is 31.3 Å². The van der Waals surface area contributed by atoms with Gasteiger partial charge in [-0.15, -0.1) is 0 Å². The second-order valence-corrected chi connectivity index (χ2v) is 8.01. The number of nitrogens with zero attached hydrogens (tertiary/aromatic N) is 5. The molecule has 1 aromatic carbocycles. The number of carbonyl (C=O) groups is 1. The van der Waals surface area contributed by atoms with Gasteiger partial charge in [0, 0.05) is 24.0 Å². The molecular weight excluding hydrogens is 370 g/mol. The van der Waals surface area contributed by atoms with Crippen LogP contribution in [0.25, 0.3) is 16.6 Å². The second kappa shape index (κ2) is 5.47. The van der Waals surface area contributed by atoms with E-state index < -0.39 is 0 Å². The van der Waals surface area contributed by atoms with Crippen LogP contribution in [-0.2, 0) is 4.79 Å². The van der Waals surface area contributed by atoms with Crippen LogP contribution in [0.3, 0.4) is 0 Å². The van der Waals surface area contributed by atoms with E-state index in [1.54, 1.807) is 35.0 Å². The zero-order chi connectivity index (χ0) is 19.9. The van der Waals surface area contributed by atoms with Crippen molar-refractivity contribution in [1.29, 1.82) is 5.26 Å². The van der Waals surface area contributed by atoms with Gasteiger partial charge in [0.15, 0.2) is 0 Å². The Labute approximate surface area is 165 Å². The van der Waals surface area contributed by atoms with Gasteiger partial charge in [0.2, 0.25) is 11.8 Å². The van der Waals surface area contributed by atoms with E-state index >= 15 is 0 Å². The van der Waals surface area contributed by atoms with Crippen LogP contribution in [0.1, 0.15) is 42.6 Å². The van der Waals surface area contributed by atoms with Crippen molar-refractivity contribution in [2.24, 2.45) is 5.92 Å². The highest BCUT2D eigenvalue weighted by atomic mass is 16.3. The second-order valence-electron chi connectivity index (χ2n) is 8.01. The van der Waals surface area contributed by atoms with Gasteiger partial charge in [-0.25, -0.2) is 9.36 Å². The average molecular weight is 387 g/mol. The highest BCUT2D eigenvalue weighted by molar-refractivity contribution is 5.91. The maximum absolute atomic E-state index is 13.3. The maximum atomic E-state index is 13.3. The van der Waals surface area contributed by atoms with E-state index in [2.05, 4.69) is 11.1 Å². The zero-order valence-corrected chi connectivity index (χ0v) is 15.4. The first-order chi connectivity index (χ1) is 14.1. The molecule has 0 spiro atoms. The third kappa shape index (κ3) is 2.04. The zero-order valence-electron chi connectivity index (χ0n) is 15.4. The predicted octanol–water partition coefficient (Wildman–Crippen LogP) is 2.00. The quantitative estimate of drug-likeness (QED) is 0.724. The number of fused-ring (bicyclic) bond motifs is 6. The Morgan fingerprint density at radius 3 is 2.86 bits per heavy atom. The molecule has 144 valence electrons. The Balaban J connectivity index is 1.54. The molecule has 8 nitrogen and oxygen atoms in total. The number of pyridine rings is 1. The number of aromatic hydroxyl groups is 1. The molecule has 1 saturated heterocycles. The minimum atomic E-state index is -0.321. The van der Waals surface area contributed by atoms with Crippen LogP contribution in [0.4, 0.5) is 0 Å². The van der Waals surface area contributed by atoms with Gasteiger partial charge in [-0.1, -0.05) is 0 Å². The van der Waals surface area contributed by atoms with Gasteiger partial charge in [0.05, 0.1) is 28.9 Å². The normalized spacial score (nSPS) is 22.1. The molecule has 1 amide bonds. The van der Waals surface area contributed by atoms with Gasteiger partial charge in [0.25, 0.3) is 0 Å². The Morgan fingerprint density at radius 1 is 1.28 bits per heavy atom. The summed E-state index contributed by atoms with van der Waals surface area (Å²) in [4.78, 5) is 32.0. The monoisotopic (exact) mass is 387 g/mol. The van der Waals surface area contributed by atoms with Gasteiger partial charge in [0.1, 0.15) is 11.8 Å². The molecule has 1 saturated carbocycles. The number of amides is 1. The molecule has 2 fully saturated rings. The first kappa shape index (κ1) is 16.4. The minimum Gasteiger partial charge on any atom is -0.493 e. The molecule has 8 heteroatoms. The van der Waals surface area contributed by atoms with Gasteiger partial charge >= 0.3 is 5.69 Å². The van der Waals surface area contributed by atoms with E-state index in [0.29, 0.717) is 40.8 Å². The van der Waals surface area contributed by atoms with Crippen LogP contribution < -0.4 is 5.69 Å². The summed E-state index contributed by atoms with van der Waals surface area (Å²) >= 11 is 0. The van der Waals surface area contributed by atoms with E-state index in [0.717, 1.165) is 12.8 Å². The summed E-state index contributed by atoms with van der Waals surface area (Å²) in [6, 6.07) is 8.53. The molecule has 3 aromatic rings. The first-order valence-electron chi connectivity index (χ1n) is 9.75. The van der Waals surface area contributed by atoms with E-state index in [1.165, 1.54) is 4.57 Å². The molecule has 0 radical (unpaired) electrons. The molecule has 1 N–H and O–H groups in total. The van der Waals surface area contributed by atoms with E-state index in [1.807, 2.05) is 4.90 Å². The molecule has 3 aliphatic rings. The van der Waals surface area contributed by atoms with Crippen molar-refractivity contribution in [2.75, 3.05) is 6.54 Å². The molecule has 4 heterocycles. The van der Waals surface area contributed by atoms with Gasteiger partial charge < -0.3 is 10.0 Å². The topological polar surface area (TPSA) is 104 Å². The molecular formula is C21H17N5O3. The summed E-state index contributed by atoms with van der Waals surface area (Å²) in [5.41, 5.74) is 1.57. The fourth-order valence-electron chi connectivity index (χ4n) is 4.91. The average Bonchev–Trinajstić information content (AvgIpc) is 3.33. The van der Waals surface area contributed by atoms with Crippen molar-refractivity contribution in [1.82, 2.24) is 19.0 Å². The van der Waals surface area contributed by atoms with Crippen molar-refractivity contribution < 1.29 is 9.90 Å². The Morgan fingerprint density at radius 2 is 2.10 bits per heavy atom. The lowest BCUT2D eigenvalue weighted by Crippen LogP contribution is -2.38. The van der Waals surface area contributed by atoms with Crippen molar-refractivity contribution in [3.05, 3.63) is 52.2 Å². The van der Waals surface area contributed by atoms with Crippen molar-refractivity contribution >= 4 is 16.8 Å². The smallest absolute Gasteiger partial charge is 0.336 e. The van der Waals surface area contributed by atoms with E-state index in [9.17, 15) is 20.0 Å². The Kier molecular flexibility index (Phi) is 3.09. The van der Waals surface area contributed by atoms with Crippen LogP contribution in [0.2, 0.25) is 0 Å². The van der Waals surface area contributed by atoms with Crippen LogP contribution >= 0.6 is 0 Å². The molecule has 2 bridgehead atoms. The molecule has 1 aliphatic carbocycles. The Bertz CT molecular complexity index is 1310. The third-order valence-electron chi connectivity index (χ3n) is 6.38. The number of aromatic nitrogens is 3. The summed E-state index contributed by atoms with van der Waals surface area (Å²) in [6.07, 6.45) is 4.12. The fourth-order valence-corrected chi connectivity index (χ4v) is 4.91. The number of carbonyl (C=O) groups excluding carboxylic acids is 1. The molecule has 2 aromatic heterocycles. The molecule has 2 aliphatic heterocycles. The van der Waals surface area contributed by atoms with Gasteiger partial charge in [-0.2, -0.15) is 5.26 Å². The molecule has 29 heavy (non-hydrogen) atoms. The SMILES string of the molecule is N#Cc1ccc(-n2c(O)c3n(c2=O)C2CC3N(C(=O)C3CC3)C2)c2cccnc12. The van der Waals surface area contributed by atoms with Crippen LogP contribution in [0, 0.1) is 17.2 Å². The lowest BCUT2D eigenvalue weighted by atomic mass is 10.1. The van der Waals surface area contributed by atoms with Crippen LogP contribution in [0.15, 0.2) is 35.3 Å². The summed E-state index contributed by atoms with van der Waals surface area (Å²) in [7, 11) is 0. The number of benzene rings is 1. The van der Waals surface area contributed by atoms with Crippen molar-refractivity contribution in [3.63, 3.8) is 0 Å². The van der Waals surface area contributed by atoms with Gasteiger partial charge in [-0.05, 0) is 43.5 Å². The largest absolute Gasteiger partial charge is 0.493 e. The maximum Gasteiger partial charge on any atom is 0.336 e. The summed E-state index contributed by atoms with van der Waals surface area (Å²) < 4.78 is 2.92. The van der Waals surface area contributed by atoms with Crippen LogP contribution in [-0.4, -0.2) is 36.6 Å². The first-order valence-corrected chi connectivity index (χ1v) is 9.75. The van der Waals surface area contributed by atoms with E-state index in [-0.39, 0.29) is 35.5 Å². The summed E-state index contributed by atoms with van der Waals surface area (Å²) in [6.45, 7) is 0.520. The minimum absolute atomic E-state index is 0.104. The van der Waals surface area contributed by atoms with Crippen molar-refractivity contribution in [3.8, 4) is 17.6 Å². The van der Waals surface area contributed by atoms with E-state index in [4.69, 9.17) is 0 Å². The molecule has 2 atom stereocenters. The highest BCUT2D eigenvalue weighted by Crippen LogP contribution is 2.50. The number of hydrogen-bond donors (Lipinski definition) is 1. The summed E-state index contributed by atoms with van der Waals surface area (Å²) in [5, 5.41) is 21.0. The number of likely N-dealkylation sites (tertiary alicyclic amines) is 1. The van der Waals surface area contributed by atoms with Gasteiger partial charge in [-0.3, -0.25) is 14.3 Å². The summed E-state index contributed by atoms with van der Waals surface area (Å²) in [5.74, 6) is 0.106. The van der Waals surface area contributed by atoms with Crippen LogP contribution in [0.5, 0.6) is 5.88 Å². The third-order valence-corrected chi connectivity index (χ3v) is 6.38. The number of rotatable bonds is 2. The predicted molar refractivity (Wildman–Crippen MR) is 103 cm³/mol. The number of imidazole rings is 1. The highest BCUT2D eigenvalue weighted by Gasteiger charge is 2.51. The fraction of sp³-hybridized carbons (Fsp3) is 0.333. The standard InChI is InChI=1S/C21H17N5O3/c22-9-12-5-6-15(14-2-1-7-23-17(12)14)26-20(28)18-16-8-13(25(18)21(26)29)10-24(16)19(27)11-3-4-11/h1-2,5-7,11,13,16,28H,3-4,8,10H2. The Hall–Kier alpha value is -3.60. The lowest BCUT2D eigenvalue weighted by molar-refractivity contribution is -0.134. The lowest BCUT2D eigenvalue weighted by Gasteiger charge is -2.27. The number of hydrogen-bond acceptors (Lipinski definition) is 5. The molecule has 6 rings (SSSR count).